The van der Waals surface area contributed by atoms with Crippen LogP contribution in [0.25, 0.3) is 0 Å². The maximum absolute atomic E-state index is 11.2. The zero-order valence-corrected chi connectivity index (χ0v) is 12.3. The fourth-order valence-corrected chi connectivity index (χ4v) is 1.99. The first-order valence-electron chi connectivity index (χ1n) is 6.28. The van der Waals surface area contributed by atoms with Gasteiger partial charge in [0.25, 0.3) is 0 Å². The Morgan fingerprint density at radius 1 is 1.55 bits per heavy atom. The highest BCUT2D eigenvalue weighted by Gasteiger charge is 2.31. The van der Waals surface area contributed by atoms with Gasteiger partial charge >= 0.3 is 11.7 Å². The number of nitrogens with zero attached hydrogens (tertiary/aromatic N) is 3. The zero-order valence-electron chi connectivity index (χ0n) is 12.3. The van der Waals surface area contributed by atoms with Crippen molar-refractivity contribution >= 4 is 17.5 Å². The molecular weight excluding hydrogens is 264 g/mol. The molecule has 0 saturated carbocycles. The van der Waals surface area contributed by atoms with Crippen LogP contribution in [0.3, 0.4) is 0 Å². The van der Waals surface area contributed by atoms with E-state index >= 15 is 0 Å². The molecule has 1 rings (SSSR count). The molecule has 0 aliphatic carbocycles. The number of nitrogens with one attached hydrogen (secondary N) is 1. The number of nitro groups is 1. The van der Waals surface area contributed by atoms with Crippen LogP contribution in [0, 0.1) is 17.0 Å². The van der Waals surface area contributed by atoms with Crippen LogP contribution >= 0.6 is 0 Å². The summed E-state index contributed by atoms with van der Waals surface area (Å²) in [5, 5.41) is 27.2. The van der Waals surface area contributed by atoms with Crippen LogP contribution < -0.4 is 5.32 Å². The fraction of sp³-hybridized carbons (Fsp3) is 0.667. The molecule has 112 valence electrons. The highest BCUT2D eigenvalue weighted by Crippen LogP contribution is 2.33. The van der Waals surface area contributed by atoms with Gasteiger partial charge in [0.1, 0.15) is 5.69 Å². The molecule has 0 bridgehead atoms. The predicted octanol–water partition coefficient (Wildman–Crippen LogP) is 2.35. The molecule has 0 aliphatic heterocycles. The van der Waals surface area contributed by atoms with Gasteiger partial charge in [0, 0.05) is 11.6 Å². The number of carbonyl (C=O) groups is 1. The van der Waals surface area contributed by atoms with E-state index in [1.807, 2.05) is 13.8 Å². The van der Waals surface area contributed by atoms with Crippen molar-refractivity contribution in [2.75, 3.05) is 5.32 Å². The monoisotopic (exact) mass is 284 g/mol. The van der Waals surface area contributed by atoms with Crippen molar-refractivity contribution in [3.63, 3.8) is 0 Å². The minimum atomic E-state index is -0.975. The molecule has 0 unspecified atom stereocenters. The van der Waals surface area contributed by atoms with E-state index in [9.17, 15) is 14.9 Å². The Labute approximate surface area is 116 Å². The number of aryl methyl sites for hydroxylation is 1. The lowest BCUT2D eigenvalue weighted by Crippen LogP contribution is -2.35. The number of anilines is 1. The first-order chi connectivity index (χ1) is 9.05. The summed E-state index contributed by atoms with van der Waals surface area (Å²) >= 11 is 0. The predicted molar refractivity (Wildman–Crippen MR) is 74.0 cm³/mol. The lowest BCUT2D eigenvalue weighted by atomic mass is 10.0. The number of carboxylic acids is 1. The quantitative estimate of drug-likeness (QED) is 0.612. The van der Waals surface area contributed by atoms with E-state index in [0.717, 1.165) is 0 Å². The lowest BCUT2D eigenvalue weighted by molar-refractivity contribution is -0.384. The normalized spacial score (nSPS) is 11.7. The maximum atomic E-state index is 11.2. The minimum absolute atomic E-state index is 0.0782. The molecule has 0 aliphatic rings. The molecule has 1 heterocycles. The Hall–Kier alpha value is -2.12. The second kappa shape index (κ2) is 5.48. The Morgan fingerprint density at radius 3 is 2.50 bits per heavy atom. The van der Waals surface area contributed by atoms with E-state index in [0.29, 0.717) is 5.69 Å². The van der Waals surface area contributed by atoms with Gasteiger partial charge in [-0.15, -0.1) is 0 Å². The van der Waals surface area contributed by atoms with Gasteiger partial charge in [-0.05, 0) is 34.6 Å². The molecule has 20 heavy (non-hydrogen) atoms. The Bertz CT molecular complexity index is 534. The van der Waals surface area contributed by atoms with Crippen molar-refractivity contribution in [2.45, 2.75) is 52.6 Å². The fourth-order valence-electron chi connectivity index (χ4n) is 1.99. The van der Waals surface area contributed by atoms with Gasteiger partial charge in [-0.1, -0.05) is 0 Å². The maximum Gasteiger partial charge on any atom is 0.333 e. The van der Waals surface area contributed by atoms with Crippen molar-refractivity contribution in [2.24, 2.45) is 0 Å². The van der Waals surface area contributed by atoms with Crippen LogP contribution in [0.15, 0.2) is 0 Å². The molecule has 8 nitrogen and oxygen atoms in total. The van der Waals surface area contributed by atoms with Crippen LogP contribution in [0.1, 0.15) is 45.9 Å². The van der Waals surface area contributed by atoms with E-state index in [1.54, 1.807) is 20.8 Å². The summed E-state index contributed by atoms with van der Waals surface area (Å²) in [5.41, 5.74) is -0.634. The average Bonchev–Trinajstić information content (AvgIpc) is 2.52. The summed E-state index contributed by atoms with van der Waals surface area (Å²) < 4.78 is 1.51. The third-order valence-corrected chi connectivity index (χ3v) is 2.78. The summed E-state index contributed by atoms with van der Waals surface area (Å²) in [6.07, 6.45) is -0.160. The molecule has 0 aromatic carbocycles. The number of carboxylic acid groups (broad SMARTS) is 1. The van der Waals surface area contributed by atoms with Crippen LogP contribution in [0.4, 0.5) is 11.5 Å². The molecule has 0 radical (unpaired) electrons. The summed E-state index contributed by atoms with van der Waals surface area (Å²) in [5.74, 6) is -0.730. The molecular formula is C12H20N4O4. The van der Waals surface area contributed by atoms with Crippen LogP contribution in [-0.4, -0.2) is 31.3 Å². The second-order valence-electron chi connectivity index (χ2n) is 5.66. The lowest BCUT2D eigenvalue weighted by Gasteiger charge is -2.26. The van der Waals surface area contributed by atoms with Gasteiger partial charge in [-0.25, -0.2) is 4.68 Å². The second-order valence-corrected chi connectivity index (χ2v) is 5.66. The molecule has 0 fully saturated rings. The van der Waals surface area contributed by atoms with Gasteiger partial charge in [-0.2, -0.15) is 5.10 Å². The van der Waals surface area contributed by atoms with E-state index < -0.39 is 16.4 Å². The number of aromatic nitrogens is 2. The molecule has 2 N–H and O–H groups in total. The summed E-state index contributed by atoms with van der Waals surface area (Å²) in [6.45, 7) is 8.62. The molecule has 8 heteroatoms. The number of hydrogen-bond acceptors (Lipinski definition) is 5. The van der Waals surface area contributed by atoms with E-state index in [-0.39, 0.29) is 24.0 Å². The smallest absolute Gasteiger partial charge is 0.333 e. The largest absolute Gasteiger partial charge is 0.481 e. The van der Waals surface area contributed by atoms with Gasteiger partial charge in [0.2, 0.25) is 5.82 Å². The average molecular weight is 284 g/mol. The molecule has 1 aromatic rings. The van der Waals surface area contributed by atoms with E-state index in [4.69, 9.17) is 5.11 Å². The Balaban J connectivity index is 3.27. The Morgan fingerprint density at radius 2 is 2.10 bits per heavy atom. The van der Waals surface area contributed by atoms with Gasteiger partial charge in [0.05, 0.1) is 11.3 Å². The van der Waals surface area contributed by atoms with Crippen molar-refractivity contribution < 1.29 is 14.8 Å². The van der Waals surface area contributed by atoms with Crippen molar-refractivity contribution in [3.05, 3.63) is 15.8 Å². The Kier molecular flexibility index (Phi) is 4.36. The van der Waals surface area contributed by atoms with Gasteiger partial charge in [0.15, 0.2) is 0 Å². The van der Waals surface area contributed by atoms with Crippen LogP contribution in [0.5, 0.6) is 0 Å². The minimum Gasteiger partial charge on any atom is -0.481 e. The molecule has 0 saturated heterocycles. The number of rotatable bonds is 6. The SMILES string of the molecule is Cc1nn(C(C)C)c(NC(C)(C)CC(=O)O)c1[N+](=O)[O-]. The molecule has 0 amide bonds. The van der Waals surface area contributed by atoms with Gasteiger partial charge < -0.3 is 10.4 Å². The van der Waals surface area contributed by atoms with Crippen molar-refractivity contribution in [1.29, 1.82) is 0 Å². The standard InChI is InChI=1S/C12H20N4O4/c1-7(2)15-11(10(16(19)20)8(3)14-15)13-12(4,5)6-9(17)18/h7,13H,6H2,1-5H3,(H,17,18). The molecule has 0 atom stereocenters. The first kappa shape index (κ1) is 15.9. The number of hydrogen-bond donors (Lipinski definition) is 2. The van der Waals surface area contributed by atoms with E-state index in [1.165, 1.54) is 4.68 Å². The van der Waals surface area contributed by atoms with Crippen molar-refractivity contribution in [1.82, 2.24) is 9.78 Å². The van der Waals surface area contributed by atoms with Crippen LogP contribution in [-0.2, 0) is 4.79 Å². The summed E-state index contributed by atoms with van der Waals surface area (Å²) in [7, 11) is 0. The molecule has 0 spiro atoms. The third kappa shape index (κ3) is 3.46. The molecule has 1 aromatic heterocycles. The highest BCUT2D eigenvalue weighted by molar-refractivity contribution is 5.70. The zero-order chi connectivity index (χ0) is 15.7. The van der Waals surface area contributed by atoms with Gasteiger partial charge in [-0.3, -0.25) is 14.9 Å². The number of aliphatic carboxylic acids is 1. The first-order valence-corrected chi connectivity index (χ1v) is 6.28. The van der Waals surface area contributed by atoms with Crippen LogP contribution in [0.2, 0.25) is 0 Å². The summed E-state index contributed by atoms with van der Waals surface area (Å²) in [4.78, 5) is 21.5. The van der Waals surface area contributed by atoms with E-state index in [2.05, 4.69) is 10.4 Å². The van der Waals surface area contributed by atoms with Crippen molar-refractivity contribution in [3.8, 4) is 0 Å². The third-order valence-electron chi connectivity index (χ3n) is 2.78. The summed E-state index contributed by atoms with van der Waals surface area (Å²) in [6, 6.07) is -0.0782. The topological polar surface area (TPSA) is 110 Å². The highest BCUT2D eigenvalue weighted by atomic mass is 16.6.